The number of sulfonamides is 1. The molecule has 3 aliphatic rings. The van der Waals surface area contributed by atoms with E-state index in [4.69, 9.17) is 9.47 Å². The molecule has 2 saturated heterocycles. The van der Waals surface area contributed by atoms with Crippen molar-refractivity contribution in [2.75, 3.05) is 36.5 Å². The molecule has 14 heteroatoms. The molecule has 1 atom stereocenters. The average Bonchev–Trinajstić information content (AvgIpc) is 3.88. The second-order valence-corrected chi connectivity index (χ2v) is 17.4. The highest BCUT2D eigenvalue weighted by molar-refractivity contribution is 7.90. The summed E-state index contributed by atoms with van der Waals surface area (Å²) in [5.41, 5.74) is 6.99. The molecule has 306 valence electrons. The first-order chi connectivity index (χ1) is 29.1. The maximum Gasteiger partial charge on any atom is 0.293 e. The fraction of sp³-hybridized carbons (Fsp3) is 0.261. The summed E-state index contributed by atoms with van der Waals surface area (Å²) < 4.78 is 41.1. The number of aromatic amines is 1. The number of fused-ring (bicyclic) bond motifs is 1. The number of nitrogens with one attached hydrogen (secondary N) is 3. The van der Waals surface area contributed by atoms with Crippen LogP contribution in [0.4, 0.5) is 17.1 Å². The Balaban J connectivity index is 0.987. The van der Waals surface area contributed by atoms with Gasteiger partial charge in [0.25, 0.3) is 21.6 Å². The Bertz CT molecular complexity index is 2720. The Hall–Kier alpha value is -6.51. The molecule has 4 heterocycles. The molecule has 1 unspecified atom stereocenters. The molecule has 1 saturated carbocycles. The Morgan fingerprint density at radius 1 is 0.950 bits per heavy atom. The molecule has 4 aromatic carbocycles. The normalized spacial score (nSPS) is 17.2. The van der Waals surface area contributed by atoms with Crippen LogP contribution in [0.5, 0.6) is 11.5 Å². The number of hydrogen-bond donors (Lipinski definition) is 3. The zero-order valence-electron chi connectivity index (χ0n) is 32.8. The minimum atomic E-state index is -4.57. The van der Waals surface area contributed by atoms with E-state index in [1.807, 2.05) is 18.2 Å². The van der Waals surface area contributed by atoms with Crippen LogP contribution in [0.1, 0.15) is 65.5 Å². The zero-order chi connectivity index (χ0) is 41.4. The quantitative estimate of drug-likeness (QED) is 0.0580. The Kier molecular flexibility index (Phi) is 10.6. The van der Waals surface area contributed by atoms with Gasteiger partial charge in [-0.3, -0.25) is 14.9 Å². The fourth-order valence-corrected chi connectivity index (χ4v) is 9.26. The van der Waals surface area contributed by atoms with Crippen LogP contribution in [0.15, 0.2) is 127 Å². The molecule has 60 heavy (non-hydrogen) atoms. The molecular formula is C46H44N6O7S. The number of aromatic nitrogens is 2. The van der Waals surface area contributed by atoms with Gasteiger partial charge in [-0.15, -0.1) is 0 Å². The van der Waals surface area contributed by atoms with Crippen molar-refractivity contribution in [3.05, 3.63) is 148 Å². The molecule has 1 amide bonds. The van der Waals surface area contributed by atoms with Gasteiger partial charge < -0.3 is 24.7 Å². The Morgan fingerprint density at radius 3 is 2.48 bits per heavy atom. The number of anilines is 2. The largest absolute Gasteiger partial charge is 0.455 e. The smallest absolute Gasteiger partial charge is 0.293 e. The second-order valence-electron chi connectivity index (χ2n) is 15.8. The van der Waals surface area contributed by atoms with Crippen LogP contribution in [0.3, 0.4) is 0 Å². The molecule has 3 N–H and O–H groups in total. The first-order valence-corrected chi connectivity index (χ1v) is 21.6. The number of carbonyl (C=O) groups excluding carboxylic acids is 1. The lowest BCUT2D eigenvalue weighted by Crippen LogP contribution is -2.31. The van der Waals surface area contributed by atoms with Crippen molar-refractivity contribution in [1.82, 2.24) is 14.7 Å². The van der Waals surface area contributed by atoms with Gasteiger partial charge in [-0.2, -0.15) is 0 Å². The number of hydrogen-bond acceptors (Lipinski definition) is 10. The van der Waals surface area contributed by atoms with E-state index >= 15 is 0 Å². The van der Waals surface area contributed by atoms with Crippen molar-refractivity contribution in [2.45, 2.75) is 49.0 Å². The minimum absolute atomic E-state index is 0.0647. The number of carbonyl (C=O) groups is 1. The van der Waals surface area contributed by atoms with E-state index in [9.17, 15) is 23.3 Å². The number of nitro benzene ring substituents is 1. The van der Waals surface area contributed by atoms with E-state index in [1.165, 1.54) is 53.9 Å². The lowest BCUT2D eigenvalue weighted by molar-refractivity contribution is -0.384. The highest BCUT2D eigenvalue weighted by atomic mass is 32.2. The fourth-order valence-electron chi connectivity index (χ4n) is 8.27. The van der Waals surface area contributed by atoms with Crippen molar-refractivity contribution < 1.29 is 27.6 Å². The SMILES string of the molecule is C=C1CC(c2ccccc2C2CC2)N(c2ccc(-c3ccc(C(=O)NS(=O)(=O)c4ccc(NCC5CCOCC5)c([N+](=O)[O-])c4)c(Oc4cnc5[nH]ccc5c4)c3)cc2)C1. The van der Waals surface area contributed by atoms with E-state index in [0.29, 0.717) is 37.1 Å². The van der Waals surface area contributed by atoms with E-state index in [-0.39, 0.29) is 29.0 Å². The number of ether oxygens (including phenoxy) is 2. The second kappa shape index (κ2) is 16.3. The summed E-state index contributed by atoms with van der Waals surface area (Å²) in [5, 5.41) is 15.9. The number of amides is 1. The number of nitro groups is 1. The lowest BCUT2D eigenvalue weighted by atomic mass is 9.94. The summed E-state index contributed by atoms with van der Waals surface area (Å²) >= 11 is 0. The highest BCUT2D eigenvalue weighted by Crippen LogP contribution is 2.47. The summed E-state index contributed by atoms with van der Waals surface area (Å²) in [5.74, 6) is 0.348. The molecule has 2 aromatic heterocycles. The first-order valence-electron chi connectivity index (χ1n) is 20.1. The monoisotopic (exact) mass is 824 g/mol. The molecule has 6 aromatic rings. The molecule has 9 rings (SSSR count). The number of pyridine rings is 1. The van der Waals surface area contributed by atoms with Gasteiger partial charge in [0.1, 0.15) is 22.8 Å². The van der Waals surface area contributed by atoms with Gasteiger partial charge >= 0.3 is 0 Å². The topological polar surface area (TPSA) is 169 Å². The van der Waals surface area contributed by atoms with E-state index in [2.05, 4.69) is 67.9 Å². The number of rotatable bonds is 13. The maximum absolute atomic E-state index is 13.9. The minimum Gasteiger partial charge on any atom is -0.455 e. The molecule has 13 nitrogen and oxygen atoms in total. The van der Waals surface area contributed by atoms with Gasteiger partial charge in [0.05, 0.1) is 27.6 Å². The van der Waals surface area contributed by atoms with E-state index in [0.717, 1.165) is 54.1 Å². The van der Waals surface area contributed by atoms with Crippen LogP contribution in [0.25, 0.3) is 22.2 Å². The van der Waals surface area contributed by atoms with Gasteiger partial charge in [-0.05, 0) is 115 Å². The summed E-state index contributed by atoms with van der Waals surface area (Å²) in [6.07, 6.45) is 8.26. The first kappa shape index (κ1) is 39.0. The summed E-state index contributed by atoms with van der Waals surface area (Å²) in [6, 6.07) is 29.2. The van der Waals surface area contributed by atoms with Gasteiger partial charge in [0, 0.05) is 49.6 Å². The van der Waals surface area contributed by atoms with E-state index < -0.39 is 31.4 Å². The van der Waals surface area contributed by atoms with Crippen LogP contribution in [0, 0.1) is 16.0 Å². The molecule has 0 bridgehead atoms. The van der Waals surface area contributed by atoms with Crippen LogP contribution >= 0.6 is 0 Å². The van der Waals surface area contributed by atoms with E-state index in [1.54, 1.807) is 24.4 Å². The zero-order valence-corrected chi connectivity index (χ0v) is 33.6. The van der Waals surface area contributed by atoms with Gasteiger partial charge in [0.15, 0.2) is 0 Å². The third kappa shape index (κ3) is 8.20. The van der Waals surface area contributed by atoms with Crippen molar-refractivity contribution >= 4 is 44.0 Å². The van der Waals surface area contributed by atoms with Crippen LogP contribution in [-0.2, 0) is 14.8 Å². The highest BCUT2D eigenvalue weighted by Gasteiger charge is 2.34. The van der Waals surface area contributed by atoms with Gasteiger partial charge in [-0.1, -0.05) is 54.6 Å². The van der Waals surface area contributed by atoms with Crippen molar-refractivity contribution in [1.29, 1.82) is 0 Å². The maximum atomic E-state index is 13.9. The lowest BCUT2D eigenvalue weighted by Gasteiger charge is -2.28. The predicted molar refractivity (Wildman–Crippen MR) is 230 cm³/mol. The molecule has 0 spiro atoms. The Morgan fingerprint density at radius 2 is 1.72 bits per heavy atom. The predicted octanol–water partition coefficient (Wildman–Crippen LogP) is 9.27. The molecule has 0 radical (unpaired) electrons. The van der Waals surface area contributed by atoms with Crippen LogP contribution in [-0.4, -0.2) is 55.5 Å². The summed E-state index contributed by atoms with van der Waals surface area (Å²) in [7, 11) is -4.57. The van der Waals surface area contributed by atoms with Crippen LogP contribution in [0.2, 0.25) is 0 Å². The third-order valence-corrected chi connectivity index (χ3v) is 12.9. The standard InChI is InChI=1S/C46H44N6O7S/c1-29-22-42(39-5-3-2-4-38(39)32-6-7-32)51(28-29)35-11-8-31(9-12-35)33-10-14-40(44(24-33)59-36-23-34-16-19-47-45(34)49-27-36)46(53)50-60(56,57)37-13-15-41(43(25-37)52(54)55)48-26-30-17-20-58-21-18-30/h2-5,8-16,19,23-25,27,30,32,42,48H,1,6-7,17-18,20-22,26,28H2,(H,47,49)(H,50,53). The van der Waals surface area contributed by atoms with Gasteiger partial charge in [-0.25, -0.2) is 18.1 Å². The molecule has 1 aliphatic carbocycles. The van der Waals surface area contributed by atoms with Crippen molar-refractivity contribution in [2.24, 2.45) is 5.92 Å². The van der Waals surface area contributed by atoms with Crippen molar-refractivity contribution in [3.63, 3.8) is 0 Å². The number of H-pyrrole nitrogens is 1. The number of benzene rings is 4. The third-order valence-electron chi connectivity index (χ3n) is 11.6. The van der Waals surface area contributed by atoms with Crippen LogP contribution < -0.4 is 19.7 Å². The number of nitrogens with zero attached hydrogens (tertiary/aromatic N) is 3. The molecule has 3 fully saturated rings. The average molecular weight is 825 g/mol. The van der Waals surface area contributed by atoms with Gasteiger partial charge in [0.2, 0.25) is 0 Å². The van der Waals surface area contributed by atoms with Crippen molar-refractivity contribution in [3.8, 4) is 22.6 Å². The Labute approximate surface area is 347 Å². The molecular weight excluding hydrogens is 781 g/mol. The summed E-state index contributed by atoms with van der Waals surface area (Å²) in [6.45, 7) is 6.84. The molecule has 2 aliphatic heterocycles. The summed E-state index contributed by atoms with van der Waals surface area (Å²) in [4.78, 5) is 34.8.